The lowest BCUT2D eigenvalue weighted by molar-refractivity contribution is -0.0229. The molecule has 0 aliphatic carbocycles. The molecule has 0 spiro atoms. The lowest BCUT2D eigenvalue weighted by Crippen LogP contribution is -2.22. The first kappa shape index (κ1) is 13.0. The van der Waals surface area contributed by atoms with Gasteiger partial charge < -0.3 is 4.74 Å². The fourth-order valence-electron chi connectivity index (χ4n) is 1.58. The van der Waals surface area contributed by atoms with E-state index in [-0.39, 0.29) is 5.60 Å². The second-order valence-electron chi connectivity index (χ2n) is 4.54. The molecule has 1 nitrogen and oxygen atoms in total. The summed E-state index contributed by atoms with van der Waals surface area (Å²) in [4.78, 5) is 0. The highest BCUT2D eigenvalue weighted by Crippen LogP contribution is 2.25. The first-order chi connectivity index (χ1) is 7.60. The molecule has 0 aliphatic heterocycles. The second kappa shape index (κ2) is 5.86. The molecular weight excluding hydrogens is 196 g/mol. The summed E-state index contributed by atoms with van der Waals surface area (Å²) in [6, 6.07) is 8.38. The van der Waals surface area contributed by atoms with Gasteiger partial charge in [-0.2, -0.15) is 0 Å². The van der Waals surface area contributed by atoms with Crippen LogP contribution in [-0.2, 0) is 10.3 Å². The largest absolute Gasteiger partial charge is 0.371 e. The van der Waals surface area contributed by atoms with Crippen molar-refractivity contribution in [2.75, 3.05) is 6.61 Å². The molecule has 0 unspecified atom stereocenters. The van der Waals surface area contributed by atoms with Crippen LogP contribution in [0.3, 0.4) is 0 Å². The zero-order valence-electron chi connectivity index (χ0n) is 10.6. The Morgan fingerprint density at radius 3 is 2.38 bits per heavy atom. The molecule has 1 rings (SSSR count). The van der Waals surface area contributed by atoms with Crippen molar-refractivity contribution in [1.82, 2.24) is 0 Å². The van der Waals surface area contributed by atoms with Crippen molar-refractivity contribution >= 4 is 6.08 Å². The van der Waals surface area contributed by atoms with Crippen LogP contribution < -0.4 is 0 Å². The quantitative estimate of drug-likeness (QED) is 0.644. The minimum absolute atomic E-state index is 0.200. The van der Waals surface area contributed by atoms with Gasteiger partial charge in [-0.1, -0.05) is 50.3 Å². The van der Waals surface area contributed by atoms with E-state index >= 15 is 0 Å². The van der Waals surface area contributed by atoms with Crippen LogP contribution in [0.4, 0.5) is 0 Å². The SMILES string of the molecule is C=Cc1ccc(C(C)(C)OCCCC)cc1. The van der Waals surface area contributed by atoms with Crippen molar-refractivity contribution < 1.29 is 4.74 Å². The Morgan fingerprint density at radius 2 is 1.88 bits per heavy atom. The summed E-state index contributed by atoms with van der Waals surface area (Å²) < 4.78 is 5.90. The van der Waals surface area contributed by atoms with Crippen LogP contribution >= 0.6 is 0 Å². The Bertz CT molecular complexity index is 322. The van der Waals surface area contributed by atoms with E-state index in [1.165, 1.54) is 12.0 Å². The Kier molecular flexibility index (Phi) is 4.75. The van der Waals surface area contributed by atoms with Crippen molar-refractivity contribution in [3.05, 3.63) is 42.0 Å². The minimum atomic E-state index is -0.200. The predicted molar refractivity (Wildman–Crippen MR) is 70.4 cm³/mol. The average molecular weight is 218 g/mol. The predicted octanol–water partition coefficient (Wildman–Crippen LogP) is 4.38. The number of hydrogen-bond donors (Lipinski definition) is 0. The molecule has 1 aromatic carbocycles. The smallest absolute Gasteiger partial charge is 0.0875 e. The summed E-state index contributed by atoms with van der Waals surface area (Å²) in [6.45, 7) is 11.0. The Balaban J connectivity index is 2.68. The van der Waals surface area contributed by atoms with E-state index in [0.717, 1.165) is 18.6 Å². The van der Waals surface area contributed by atoms with E-state index < -0.39 is 0 Å². The van der Waals surface area contributed by atoms with E-state index in [4.69, 9.17) is 4.74 Å². The van der Waals surface area contributed by atoms with Crippen molar-refractivity contribution in [2.45, 2.75) is 39.2 Å². The molecule has 0 bridgehead atoms. The van der Waals surface area contributed by atoms with Crippen LogP contribution in [0.2, 0.25) is 0 Å². The first-order valence-electron chi connectivity index (χ1n) is 5.97. The van der Waals surface area contributed by atoms with Crippen molar-refractivity contribution in [3.63, 3.8) is 0 Å². The Labute approximate surface area is 99.1 Å². The normalized spacial score (nSPS) is 11.4. The molecular formula is C15H22O. The molecule has 16 heavy (non-hydrogen) atoms. The standard InChI is InChI=1S/C15H22O/c1-5-7-12-16-15(3,4)14-10-8-13(6-2)9-11-14/h6,8-11H,2,5,7,12H2,1,3-4H3. The van der Waals surface area contributed by atoms with Crippen LogP contribution in [0.15, 0.2) is 30.8 Å². The van der Waals surface area contributed by atoms with Crippen molar-refractivity contribution in [3.8, 4) is 0 Å². The molecule has 0 saturated carbocycles. The number of benzene rings is 1. The van der Waals surface area contributed by atoms with E-state index in [1.54, 1.807) is 0 Å². The van der Waals surface area contributed by atoms with Gasteiger partial charge in [-0.3, -0.25) is 0 Å². The topological polar surface area (TPSA) is 9.23 Å². The zero-order chi connectivity index (χ0) is 12.0. The number of hydrogen-bond acceptors (Lipinski definition) is 1. The van der Waals surface area contributed by atoms with Crippen LogP contribution in [0.1, 0.15) is 44.7 Å². The monoisotopic (exact) mass is 218 g/mol. The van der Waals surface area contributed by atoms with E-state index in [9.17, 15) is 0 Å². The van der Waals surface area contributed by atoms with Gasteiger partial charge in [0.2, 0.25) is 0 Å². The molecule has 0 N–H and O–H groups in total. The van der Waals surface area contributed by atoms with Crippen LogP contribution in [0, 0.1) is 0 Å². The van der Waals surface area contributed by atoms with Crippen molar-refractivity contribution in [1.29, 1.82) is 0 Å². The maximum absolute atomic E-state index is 5.90. The van der Waals surface area contributed by atoms with Gasteiger partial charge in [0.25, 0.3) is 0 Å². The maximum atomic E-state index is 5.90. The Hall–Kier alpha value is -1.08. The lowest BCUT2D eigenvalue weighted by atomic mass is 9.97. The zero-order valence-corrected chi connectivity index (χ0v) is 10.6. The number of unbranched alkanes of at least 4 members (excludes halogenated alkanes) is 1. The maximum Gasteiger partial charge on any atom is 0.0875 e. The third-order valence-corrected chi connectivity index (χ3v) is 2.80. The summed E-state index contributed by atoms with van der Waals surface area (Å²) in [6.07, 6.45) is 4.15. The van der Waals surface area contributed by atoms with Crippen LogP contribution in [0.25, 0.3) is 6.08 Å². The highest BCUT2D eigenvalue weighted by molar-refractivity contribution is 5.47. The van der Waals surface area contributed by atoms with Gasteiger partial charge in [0, 0.05) is 6.61 Å². The number of rotatable bonds is 6. The van der Waals surface area contributed by atoms with Gasteiger partial charge in [-0.25, -0.2) is 0 Å². The molecule has 0 saturated heterocycles. The highest BCUT2D eigenvalue weighted by Gasteiger charge is 2.20. The molecule has 1 aromatic rings. The molecule has 88 valence electrons. The molecule has 1 heteroatoms. The summed E-state index contributed by atoms with van der Waals surface area (Å²) >= 11 is 0. The van der Waals surface area contributed by atoms with Gasteiger partial charge in [-0.15, -0.1) is 0 Å². The molecule has 0 fully saturated rings. The molecule has 0 heterocycles. The van der Waals surface area contributed by atoms with Gasteiger partial charge in [0.1, 0.15) is 0 Å². The third-order valence-electron chi connectivity index (χ3n) is 2.80. The lowest BCUT2D eigenvalue weighted by Gasteiger charge is -2.26. The van der Waals surface area contributed by atoms with Gasteiger partial charge in [0.15, 0.2) is 0 Å². The van der Waals surface area contributed by atoms with Crippen LogP contribution in [0.5, 0.6) is 0 Å². The van der Waals surface area contributed by atoms with Gasteiger partial charge in [-0.05, 0) is 31.4 Å². The third kappa shape index (κ3) is 3.49. The molecule has 0 radical (unpaired) electrons. The van der Waals surface area contributed by atoms with E-state index in [0.29, 0.717) is 0 Å². The molecule has 0 aliphatic rings. The molecule has 0 atom stereocenters. The van der Waals surface area contributed by atoms with E-state index in [1.807, 2.05) is 6.08 Å². The van der Waals surface area contributed by atoms with Crippen LogP contribution in [-0.4, -0.2) is 6.61 Å². The van der Waals surface area contributed by atoms with Gasteiger partial charge in [0.05, 0.1) is 5.60 Å². The fraction of sp³-hybridized carbons (Fsp3) is 0.467. The van der Waals surface area contributed by atoms with Gasteiger partial charge >= 0.3 is 0 Å². The second-order valence-corrected chi connectivity index (χ2v) is 4.54. The molecule has 0 aromatic heterocycles. The minimum Gasteiger partial charge on any atom is -0.371 e. The summed E-state index contributed by atoms with van der Waals surface area (Å²) in [7, 11) is 0. The summed E-state index contributed by atoms with van der Waals surface area (Å²) in [5, 5.41) is 0. The summed E-state index contributed by atoms with van der Waals surface area (Å²) in [5.74, 6) is 0. The van der Waals surface area contributed by atoms with E-state index in [2.05, 4.69) is 51.6 Å². The molecule has 0 amide bonds. The highest BCUT2D eigenvalue weighted by atomic mass is 16.5. The number of ether oxygens (including phenoxy) is 1. The van der Waals surface area contributed by atoms with Crippen molar-refractivity contribution in [2.24, 2.45) is 0 Å². The average Bonchev–Trinajstić information content (AvgIpc) is 2.29. The first-order valence-corrected chi connectivity index (χ1v) is 5.97. The Morgan fingerprint density at radius 1 is 1.25 bits per heavy atom. The summed E-state index contributed by atoms with van der Waals surface area (Å²) in [5.41, 5.74) is 2.16. The fourth-order valence-corrected chi connectivity index (χ4v) is 1.58.